The number of aliphatic carboxylic acids is 1. The van der Waals surface area contributed by atoms with Crippen LogP contribution in [0, 0.1) is 0 Å². The quantitative estimate of drug-likeness (QED) is 0.358. The molecule has 0 aliphatic heterocycles. The fourth-order valence-corrected chi connectivity index (χ4v) is 1.05. The van der Waals surface area contributed by atoms with E-state index in [9.17, 15) is 14.4 Å². The lowest BCUT2D eigenvalue weighted by Gasteiger charge is -2.13. The summed E-state index contributed by atoms with van der Waals surface area (Å²) in [5, 5.41) is 13.3. The summed E-state index contributed by atoms with van der Waals surface area (Å²) in [5.41, 5.74) is 4.86. The summed E-state index contributed by atoms with van der Waals surface area (Å²) in [6, 6.07) is -1.93. The summed E-state index contributed by atoms with van der Waals surface area (Å²) in [6.45, 7) is 2.24. The van der Waals surface area contributed by atoms with E-state index in [2.05, 4.69) is 10.6 Å². The minimum Gasteiger partial charge on any atom is -0.480 e. The first-order valence-electron chi connectivity index (χ1n) is 5.14. The molecule has 7 heteroatoms. The first kappa shape index (κ1) is 14.9. The highest BCUT2D eigenvalue weighted by Gasteiger charge is 2.21. The van der Waals surface area contributed by atoms with Crippen LogP contribution in [0.5, 0.6) is 0 Å². The van der Waals surface area contributed by atoms with Crippen LogP contribution < -0.4 is 16.4 Å². The molecule has 0 saturated carbocycles. The molecule has 0 aromatic heterocycles. The van der Waals surface area contributed by atoms with E-state index in [0.717, 1.165) is 0 Å². The van der Waals surface area contributed by atoms with Crippen LogP contribution in [0.4, 0.5) is 4.79 Å². The van der Waals surface area contributed by atoms with E-state index < -0.39 is 30.4 Å². The number of carbonyl (C=O) groups excluding carboxylic acids is 2. The van der Waals surface area contributed by atoms with Gasteiger partial charge in [0.1, 0.15) is 6.04 Å². The first-order chi connectivity index (χ1) is 7.97. The molecular weight excluding hydrogens is 226 g/mol. The van der Waals surface area contributed by atoms with Gasteiger partial charge in [-0.2, -0.15) is 0 Å². The van der Waals surface area contributed by atoms with Gasteiger partial charge < -0.3 is 21.5 Å². The number of amides is 3. The molecule has 0 saturated heterocycles. The van der Waals surface area contributed by atoms with Crippen LogP contribution in [0.3, 0.4) is 0 Å². The minimum atomic E-state index is -1.30. The zero-order valence-electron chi connectivity index (χ0n) is 9.60. The highest BCUT2D eigenvalue weighted by atomic mass is 16.4. The van der Waals surface area contributed by atoms with Gasteiger partial charge in [-0.25, -0.2) is 9.59 Å². The molecule has 0 radical (unpaired) electrons. The summed E-state index contributed by atoms with van der Waals surface area (Å²) in [7, 11) is 0. The summed E-state index contributed by atoms with van der Waals surface area (Å²) < 4.78 is 0. The van der Waals surface area contributed by atoms with Crippen molar-refractivity contribution in [2.45, 2.75) is 25.8 Å². The van der Waals surface area contributed by atoms with E-state index in [4.69, 9.17) is 10.8 Å². The predicted octanol–water partition coefficient (Wildman–Crippen LogP) is -0.420. The van der Waals surface area contributed by atoms with Crippen LogP contribution in [0.15, 0.2) is 12.2 Å². The third kappa shape index (κ3) is 7.83. The number of hydrogen-bond donors (Lipinski definition) is 4. The zero-order chi connectivity index (χ0) is 13.3. The number of carboxylic acids is 1. The first-order valence-corrected chi connectivity index (χ1v) is 5.14. The molecule has 1 unspecified atom stereocenters. The Bertz CT molecular complexity index is 315. The van der Waals surface area contributed by atoms with Crippen LogP contribution in [0.2, 0.25) is 0 Å². The normalized spacial score (nSPS) is 12.1. The molecule has 0 aromatic rings. The Labute approximate surface area is 99.1 Å². The molecule has 0 bridgehead atoms. The van der Waals surface area contributed by atoms with Crippen molar-refractivity contribution < 1.29 is 19.5 Å². The molecule has 5 N–H and O–H groups in total. The lowest BCUT2D eigenvalue weighted by atomic mass is 10.2. The number of carbonyl (C=O) groups is 3. The number of hydrogen-bond acceptors (Lipinski definition) is 3. The van der Waals surface area contributed by atoms with Crippen molar-refractivity contribution in [2.75, 3.05) is 6.54 Å². The largest absolute Gasteiger partial charge is 0.480 e. The van der Waals surface area contributed by atoms with Gasteiger partial charge in [0.25, 0.3) is 0 Å². The molecular formula is C10H17N3O4. The van der Waals surface area contributed by atoms with Crippen LogP contribution in [0.25, 0.3) is 0 Å². The number of primary amides is 1. The van der Waals surface area contributed by atoms with Crippen molar-refractivity contribution in [3.05, 3.63) is 12.2 Å². The summed E-state index contributed by atoms with van der Waals surface area (Å²) >= 11 is 0. The molecule has 0 spiro atoms. The predicted molar refractivity (Wildman–Crippen MR) is 61.2 cm³/mol. The van der Waals surface area contributed by atoms with Gasteiger partial charge in [0, 0.05) is 6.54 Å². The second-order valence-electron chi connectivity index (χ2n) is 3.32. The van der Waals surface area contributed by atoms with Crippen molar-refractivity contribution >= 4 is 17.9 Å². The third-order valence-electron chi connectivity index (χ3n) is 1.84. The summed E-state index contributed by atoms with van der Waals surface area (Å²) in [6.07, 6.45) is 3.92. The lowest BCUT2D eigenvalue weighted by Crippen LogP contribution is -2.47. The maximum Gasteiger partial charge on any atom is 0.326 e. The van der Waals surface area contributed by atoms with Gasteiger partial charge in [-0.15, -0.1) is 0 Å². The molecule has 3 amide bonds. The SMILES string of the molecule is C/C=C/CCNC(=O)NC(CC(N)=O)C(=O)O. The van der Waals surface area contributed by atoms with Gasteiger partial charge in [0.15, 0.2) is 0 Å². The Kier molecular flexibility index (Phi) is 7.16. The molecule has 0 rings (SSSR count). The zero-order valence-corrected chi connectivity index (χ0v) is 9.60. The molecule has 0 fully saturated rings. The van der Waals surface area contributed by atoms with E-state index in [1.807, 2.05) is 19.1 Å². The lowest BCUT2D eigenvalue weighted by molar-refractivity contribution is -0.140. The average Bonchev–Trinajstić information content (AvgIpc) is 2.22. The van der Waals surface area contributed by atoms with Gasteiger partial charge in [-0.1, -0.05) is 12.2 Å². The molecule has 17 heavy (non-hydrogen) atoms. The molecule has 96 valence electrons. The second-order valence-corrected chi connectivity index (χ2v) is 3.32. The molecule has 7 nitrogen and oxygen atoms in total. The Hall–Kier alpha value is -2.05. The van der Waals surface area contributed by atoms with E-state index >= 15 is 0 Å². The average molecular weight is 243 g/mol. The minimum absolute atomic E-state index is 0.388. The van der Waals surface area contributed by atoms with Crippen molar-refractivity contribution in [1.29, 1.82) is 0 Å². The number of rotatable bonds is 7. The third-order valence-corrected chi connectivity index (χ3v) is 1.84. The van der Waals surface area contributed by atoms with Gasteiger partial charge in [0.05, 0.1) is 6.42 Å². The van der Waals surface area contributed by atoms with Crippen LogP contribution >= 0.6 is 0 Å². The summed E-state index contributed by atoms with van der Waals surface area (Å²) in [5.74, 6) is -2.08. The van der Waals surface area contributed by atoms with Gasteiger partial charge >= 0.3 is 12.0 Å². The maximum absolute atomic E-state index is 11.2. The molecule has 1 atom stereocenters. The molecule has 0 heterocycles. The number of nitrogens with one attached hydrogen (secondary N) is 2. The van der Waals surface area contributed by atoms with Gasteiger partial charge in [-0.3, -0.25) is 4.79 Å². The van der Waals surface area contributed by atoms with Crippen LogP contribution in [-0.4, -0.2) is 35.6 Å². The number of allylic oxidation sites excluding steroid dienone is 1. The number of carboxylic acid groups (broad SMARTS) is 1. The highest BCUT2D eigenvalue weighted by Crippen LogP contribution is 1.91. The van der Waals surface area contributed by atoms with Crippen molar-refractivity contribution in [1.82, 2.24) is 10.6 Å². The Balaban J connectivity index is 4.04. The van der Waals surface area contributed by atoms with Crippen LogP contribution in [0.1, 0.15) is 19.8 Å². The summed E-state index contributed by atoms with van der Waals surface area (Å²) in [4.78, 5) is 32.5. The smallest absolute Gasteiger partial charge is 0.326 e. The number of nitrogens with two attached hydrogens (primary N) is 1. The molecule has 0 aliphatic carbocycles. The van der Waals surface area contributed by atoms with Crippen molar-refractivity contribution in [3.8, 4) is 0 Å². The fraction of sp³-hybridized carbons (Fsp3) is 0.500. The van der Waals surface area contributed by atoms with Crippen molar-refractivity contribution in [3.63, 3.8) is 0 Å². The van der Waals surface area contributed by atoms with Gasteiger partial charge in [-0.05, 0) is 13.3 Å². The Morgan fingerprint density at radius 3 is 2.53 bits per heavy atom. The number of urea groups is 1. The Morgan fingerprint density at radius 1 is 1.41 bits per heavy atom. The molecule has 0 aromatic carbocycles. The standard InChI is InChI=1S/C10H17N3O4/c1-2-3-4-5-12-10(17)13-7(9(15)16)6-8(11)14/h2-3,7H,4-6H2,1H3,(H2,11,14)(H,15,16)(H2,12,13,17)/b3-2+. The van der Waals surface area contributed by atoms with E-state index in [-0.39, 0.29) is 0 Å². The highest BCUT2D eigenvalue weighted by molar-refractivity contribution is 5.87. The monoisotopic (exact) mass is 243 g/mol. The fourth-order valence-electron chi connectivity index (χ4n) is 1.05. The molecule has 0 aliphatic rings. The van der Waals surface area contributed by atoms with Crippen LogP contribution in [-0.2, 0) is 9.59 Å². The maximum atomic E-state index is 11.2. The van der Waals surface area contributed by atoms with E-state index in [1.165, 1.54) is 0 Å². The Morgan fingerprint density at radius 2 is 2.06 bits per heavy atom. The second kappa shape index (κ2) is 8.14. The van der Waals surface area contributed by atoms with E-state index in [0.29, 0.717) is 13.0 Å². The van der Waals surface area contributed by atoms with Gasteiger partial charge in [0.2, 0.25) is 5.91 Å². The van der Waals surface area contributed by atoms with E-state index in [1.54, 1.807) is 0 Å². The van der Waals surface area contributed by atoms with Crippen molar-refractivity contribution in [2.24, 2.45) is 5.73 Å². The topological polar surface area (TPSA) is 122 Å².